The standard InChI is InChI=1S/C10H14N2O2/c1-3-10(11)9-6-8(12(13)14)5-4-7(9)2/h4-6,10H,3,11H2,1-2H3. The summed E-state index contributed by atoms with van der Waals surface area (Å²) in [6, 6.07) is 4.68. The zero-order valence-corrected chi connectivity index (χ0v) is 8.36. The molecule has 0 radical (unpaired) electrons. The number of nitro benzene ring substituents is 1. The van der Waals surface area contributed by atoms with Crippen molar-refractivity contribution in [2.75, 3.05) is 0 Å². The molecule has 14 heavy (non-hydrogen) atoms. The fraction of sp³-hybridized carbons (Fsp3) is 0.400. The third kappa shape index (κ3) is 2.09. The summed E-state index contributed by atoms with van der Waals surface area (Å²) < 4.78 is 0. The van der Waals surface area contributed by atoms with Crippen LogP contribution in [0.15, 0.2) is 18.2 Å². The minimum Gasteiger partial charge on any atom is -0.324 e. The molecule has 0 bridgehead atoms. The van der Waals surface area contributed by atoms with Gasteiger partial charge in [-0.3, -0.25) is 10.1 Å². The number of benzene rings is 1. The van der Waals surface area contributed by atoms with Crippen LogP contribution in [0, 0.1) is 17.0 Å². The summed E-state index contributed by atoms with van der Waals surface area (Å²) in [6.07, 6.45) is 0.780. The lowest BCUT2D eigenvalue weighted by Crippen LogP contribution is -2.10. The lowest BCUT2D eigenvalue weighted by Gasteiger charge is -2.11. The summed E-state index contributed by atoms with van der Waals surface area (Å²) in [5, 5.41) is 10.5. The second-order valence-electron chi connectivity index (χ2n) is 3.31. The average Bonchev–Trinajstić information content (AvgIpc) is 2.17. The van der Waals surface area contributed by atoms with Gasteiger partial charge in [0.15, 0.2) is 0 Å². The van der Waals surface area contributed by atoms with Crippen LogP contribution in [0.1, 0.15) is 30.5 Å². The number of rotatable bonds is 3. The van der Waals surface area contributed by atoms with E-state index in [-0.39, 0.29) is 11.7 Å². The van der Waals surface area contributed by atoms with Gasteiger partial charge in [-0.2, -0.15) is 0 Å². The average molecular weight is 194 g/mol. The lowest BCUT2D eigenvalue weighted by molar-refractivity contribution is -0.384. The van der Waals surface area contributed by atoms with E-state index in [0.29, 0.717) is 0 Å². The predicted octanol–water partition coefficient (Wildman–Crippen LogP) is 2.31. The van der Waals surface area contributed by atoms with Crippen molar-refractivity contribution in [3.8, 4) is 0 Å². The van der Waals surface area contributed by atoms with E-state index in [9.17, 15) is 10.1 Å². The van der Waals surface area contributed by atoms with E-state index in [2.05, 4.69) is 0 Å². The molecule has 1 rings (SSSR count). The van der Waals surface area contributed by atoms with Gasteiger partial charge >= 0.3 is 0 Å². The quantitative estimate of drug-likeness (QED) is 0.593. The van der Waals surface area contributed by atoms with Crippen LogP contribution in [0.2, 0.25) is 0 Å². The Balaban J connectivity index is 3.14. The van der Waals surface area contributed by atoms with Crippen LogP contribution in [-0.2, 0) is 0 Å². The van der Waals surface area contributed by atoms with Gasteiger partial charge in [0.1, 0.15) is 0 Å². The maximum Gasteiger partial charge on any atom is 0.269 e. The SMILES string of the molecule is CCC(N)c1cc([N+](=O)[O-])ccc1C. The molecule has 0 heterocycles. The largest absolute Gasteiger partial charge is 0.324 e. The Morgan fingerprint density at radius 1 is 1.57 bits per heavy atom. The molecular formula is C10H14N2O2. The molecule has 1 unspecified atom stereocenters. The molecule has 1 aromatic rings. The van der Waals surface area contributed by atoms with Crippen molar-refractivity contribution >= 4 is 5.69 Å². The van der Waals surface area contributed by atoms with Gasteiger partial charge in [0, 0.05) is 18.2 Å². The van der Waals surface area contributed by atoms with Crippen molar-refractivity contribution < 1.29 is 4.92 Å². The summed E-state index contributed by atoms with van der Waals surface area (Å²) in [7, 11) is 0. The van der Waals surface area contributed by atoms with Crippen LogP contribution in [0.5, 0.6) is 0 Å². The van der Waals surface area contributed by atoms with Crippen molar-refractivity contribution in [2.45, 2.75) is 26.3 Å². The van der Waals surface area contributed by atoms with Crippen LogP contribution in [0.25, 0.3) is 0 Å². The fourth-order valence-electron chi connectivity index (χ4n) is 1.36. The summed E-state index contributed by atoms with van der Waals surface area (Å²) in [5.74, 6) is 0. The normalized spacial score (nSPS) is 12.5. The first-order valence-electron chi connectivity index (χ1n) is 4.56. The number of hydrogen-bond acceptors (Lipinski definition) is 3. The highest BCUT2D eigenvalue weighted by Gasteiger charge is 2.12. The lowest BCUT2D eigenvalue weighted by atomic mass is 9.99. The molecule has 0 saturated heterocycles. The molecule has 0 fully saturated rings. The number of nitrogens with zero attached hydrogens (tertiary/aromatic N) is 1. The van der Waals surface area contributed by atoms with Crippen LogP contribution in [0.4, 0.5) is 5.69 Å². The molecule has 76 valence electrons. The van der Waals surface area contributed by atoms with Crippen LogP contribution < -0.4 is 5.73 Å². The number of nitro groups is 1. The van der Waals surface area contributed by atoms with E-state index in [1.54, 1.807) is 12.1 Å². The number of non-ortho nitro benzene ring substituents is 1. The highest BCUT2D eigenvalue weighted by atomic mass is 16.6. The Morgan fingerprint density at radius 2 is 2.21 bits per heavy atom. The molecule has 4 nitrogen and oxygen atoms in total. The second kappa shape index (κ2) is 4.19. The molecule has 0 aliphatic carbocycles. The Hall–Kier alpha value is -1.42. The number of hydrogen-bond donors (Lipinski definition) is 1. The molecule has 0 aliphatic heterocycles. The van der Waals surface area contributed by atoms with E-state index >= 15 is 0 Å². The van der Waals surface area contributed by atoms with E-state index in [0.717, 1.165) is 17.5 Å². The van der Waals surface area contributed by atoms with Crippen LogP contribution in [0.3, 0.4) is 0 Å². The number of aryl methyl sites for hydroxylation is 1. The van der Waals surface area contributed by atoms with E-state index in [1.807, 2.05) is 13.8 Å². The van der Waals surface area contributed by atoms with Crippen molar-refractivity contribution in [1.29, 1.82) is 0 Å². The molecule has 0 spiro atoms. The van der Waals surface area contributed by atoms with Gasteiger partial charge in [0.05, 0.1) is 4.92 Å². The molecule has 0 saturated carbocycles. The first kappa shape index (κ1) is 10.7. The van der Waals surface area contributed by atoms with Crippen molar-refractivity contribution in [3.05, 3.63) is 39.4 Å². The minimum absolute atomic E-state index is 0.106. The third-order valence-corrected chi connectivity index (χ3v) is 2.31. The Bertz CT molecular complexity index is 350. The highest BCUT2D eigenvalue weighted by molar-refractivity contribution is 5.40. The molecule has 2 N–H and O–H groups in total. The van der Waals surface area contributed by atoms with Crippen LogP contribution >= 0.6 is 0 Å². The summed E-state index contributed by atoms with van der Waals surface area (Å²) in [4.78, 5) is 10.1. The topological polar surface area (TPSA) is 69.2 Å². The monoisotopic (exact) mass is 194 g/mol. The van der Waals surface area contributed by atoms with Crippen molar-refractivity contribution in [2.24, 2.45) is 5.73 Å². The molecule has 0 aliphatic rings. The molecule has 0 aromatic heterocycles. The Labute approximate surface area is 82.9 Å². The Morgan fingerprint density at radius 3 is 2.71 bits per heavy atom. The van der Waals surface area contributed by atoms with Gasteiger partial charge in [0.25, 0.3) is 5.69 Å². The van der Waals surface area contributed by atoms with Crippen molar-refractivity contribution in [1.82, 2.24) is 0 Å². The predicted molar refractivity (Wildman–Crippen MR) is 55.1 cm³/mol. The van der Waals surface area contributed by atoms with Gasteiger partial charge in [0.2, 0.25) is 0 Å². The van der Waals surface area contributed by atoms with Crippen molar-refractivity contribution in [3.63, 3.8) is 0 Å². The molecule has 0 amide bonds. The summed E-state index contributed by atoms with van der Waals surface area (Å²) in [6.45, 7) is 3.87. The zero-order valence-electron chi connectivity index (χ0n) is 8.36. The van der Waals surface area contributed by atoms with Gasteiger partial charge in [-0.05, 0) is 24.5 Å². The van der Waals surface area contributed by atoms with Crippen LogP contribution in [-0.4, -0.2) is 4.92 Å². The fourth-order valence-corrected chi connectivity index (χ4v) is 1.36. The van der Waals surface area contributed by atoms with E-state index in [4.69, 9.17) is 5.73 Å². The van der Waals surface area contributed by atoms with Gasteiger partial charge in [-0.1, -0.05) is 13.0 Å². The number of nitrogens with two attached hydrogens (primary N) is 1. The first-order valence-corrected chi connectivity index (χ1v) is 4.56. The van der Waals surface area contributed by atoms with E-state index < -0.39 is 4.92 Å². The first-order chi connectivity index (χ1) is 6.56. The highest BCUT2D eigenvalue weighted by Crippen LogP contribution is 2.23. The molecule has 4 heteroatoms. The van der Waals surface area contributed by atoms with Gasteiger partial charge < -0.3 is 5.73 Å². The second-order valence-corrected chi connectivity index (χ2v) is 3.31. The van der Waals surface area contributed by atoms with E-state index in [1.165, 1.54) is 6.07 Å². The Kier molecular flexibility index (Phi) is 3.19. The van der Waals surface area contributed by atoms with Gasteiger partial charge in [-0.25, -0.2) is 0 Å². The maximum atomic E-state index is 10.5. The molecule has 1 aromatic carbocycles. The zero-order chi connectivity index (χ0) is 10.7. The summed E-state index contributed by atoms with van der Waals surface area (Å²) >= 11 is 0. The summed E-state index contributed by atoms with van der Waals surface area (Å²) in [5.41, 5.74) is 7.81. The van der Waals surface area contributed by atoms with Gasteiger partial charge in [-0.15, -0.1) is 0 Å². The minimum atomic E-state index is -0.398. The smallest absolute Gasteiger partial charge is 0.269 e. The third-order valence-electron chi connectivity index (χ3n) is 2.31. The molecular weight excluding hydrogens is 180 g/mol. The molecule has 1 atom stereocenters. The maximum absolute atomic E-state index is 10.5.